The van der Waals surface area contributed by atoms with Gasteiger partial charge >= 0.3 is 0 Å². The molecule has 8 nitrogen and oxygen atoms in total. The zero-order valence-electron chi connectivity index (χ0n) is 22.9. The SMILES string of the molecule is CNC(=O)c1c(-c2ccc(Oc3ccc(C)cc3)cc2)oc2cc3c(cc12)[C@H](C)OC(C)(C)CN3S(C)(=O)=O. The molecule has 2 heterocycles. The van der Waals surface area contributed by atoms with Crippen LogP contribution >= 0.6 is 0 Å². The Morgan fingerprint density at radius 1 is 1.05 bits per heavy atom. The molecule has 1 aromatic heterocycles. The van der Waals surface area contributed by atoms with Crippen molar-refractivity contribution >= 4 is 32.6 Å². The van der Waals surface area contributed by atoms with Gasteiger partial charge in [0.15, 0.2) is 0 Å². The molecule has 0 bridgehead atoms. The lowest BCUT2D eigenvalue weighted by Gasteiger charge is -2.30. The van der Waals surface area contributed by atoms with Crippen LogP contribution in [0.3, 0.4) is 0 Å². The molecule has 204 valence electrons. The lowest BCUT2D eigenvalue weighted by Crippen LogP contribution is -2.42. The summed E-state index contributed by atoms with van der Waals surface area (Å²) >= 11 is 0. The number of sulfonamides is 1. The number of rotatable bonds is 5. The highest BCUT2D eigenvalue weighted by Gasteiger charge is 2.37. The molecule has 1 aliphatic heterocycles. The zero-order chi connectivity index (χ0) is 28.1. The van der Waals surface area contributed by atoms with Gasteiger partial charge in [-0.2, -0.15) is 0 Å². The molecule has 1 amide bonds. The Labute approximate surface area is 228 Å². The van der Waals surface area contributed by atoms with Gasteiger partial charge in [-0.25, -0.2) is 8.42 Å². The van der Waals surface area contributed by atoms with E-state index in [0.29, 0.717) is 44.9 Å². The third kappa shape index (κ3) is 5.24. The van der Waals surface area contributed by atoms with Crippen molar-refractivity contribution in [2.24, 2.45) is 0 Å². The molecule has 1 N–H and O–H groups in total. The molecule has 0 spiro atoms. The van der Waals surface area contributed by atoms with Crippen molar-refractivity contribution in [3.63, 3.8) is 0 Å². The van der Waals surface area contributed by atoms with Gasteiger partial charge in [0.25, 0.3) is 5.91 Å². The van der Waals surface area contributed by atoms with E-state index in [-0.39, 0.29) is 12.5 Å². The molecular weight excluding hydrogens is 516 g/mol. The van der Waals surface area contributed by atoms with Crippen molar-refractivity contribution in [2.75, 3.05) is 24.2 Å². The van der Waals surface area contributed by atoms with E-state index in [1.807, 2.05) is 76.2 Å². The summed E-state index contributed by atoms with van der Waals surface area (Å²) in [5.41, 5.74) is 3.02. The Hall–Kier alpha value is -3.82. The minimum Gasteiger partial charge on any atom is -0.457 e. The van der Waals surface area contributed by atoms with E-state index in [1.165, 1.54) is 10.6 Å². The fraction of sp³-hybridized carbons (Fsp3) is 0.300. The summed E-state index contributed by atoms with van der Waals surface area (Å²) in [7, 11) is -2.05. The van der Waals surface area contributed by atoms with E-state index in [9.17, 15) is 13.2 Å². The number of aryl methyl sites for hydroxylation is 1. The Morgan fingerprint density at radius 2 is 1.67 bits per heavy atom. The molecule has 3 aromatic carbocycles. The molecule has 9 heteroatoms. The van der Waals surface area contributed by atoms with Gasteiger partial charge in [0.2, 0.25) is 10.0 Å². The number of nitrogens with zero attached hydrogens (tertiary/aromatic N) is 1. The standard InChI is InChI=1S/C30H32N2O6S/c1-18-7-11-21(12-8-18)36-22-13-9-20(10-14-22)28-27(29(33)31-5)24-15-23-19(2)38-30(3,4)17-32(39(6,34)35)25(23)16-26(24)37-28/h7-16,19H,17H2,1-6H3,(H,31,33)/t19-/m0/s1. The Balaban J connectivity index is 1.63. The van der Waals surface area contributed by atoms with Crippen molar-refractivity contribution < 1.29 is 27.1 Å². The van der Waals surface area contributed by atoms with Crippen LogP contribution in [0.5, 0.6) is 11.5 Å². The van der Waals surface area contributed by atoms with Gasteiger partial charge in [0.05, 0.1) is 35.8 Å². The third-order valence-electron chi connectivity index (χ3n) is 6.79. The molecule has 39 heavy (non-hydrogen) atoms. The quantitative estimate of drug-likeness (QED) is 0.319. The Kier molecular flexibility index (Phi) is 6.68. The van der Waals surface area contributed by atoms with Crippen LogP contribution < -0.4 is 14.4 Å². The zero-order valence-corrected chi connectivity index (χ0v) is 23.7. The molecule has 0 radical (unpaired) electrons. The number of nitrogens with one attached hydrogen (secondary N) is 1. The highest BCUT2D eigenvalue weighted by Crippen LogP contribution is 2.43. The second-order valence-corrected chi connectivity index (χ2v) is 12.4. The number of benzene rings is 3. The van der Waals surface area contributed by atoms with E-state index in [0.717, 1.165) is 11.3 Å². The summed E-state index contributed by atoms with van der Waals surface area (Å²) in [5.74, 6) is 1.43. The fourth-order valence-corrected chi connectivity index (χ4v) is 6.03. The maximum absolute atomic E-state index is 13.1. The minimum atomic E-state index is -3.62. The number of anilines is 1. The first-order valence-electron chi connectivity index (χ1n) is 12.7. The molecule has 0 aliphatic carbocycles. The summed E-state index contributed by atoms with van der Waals surface area (Å²) in [4.78, 5) is 13.1. The maximum Gasteiger partial charge on any atom is 0.255 e. The Bertz CT molecular complexity index is 1650. The van der Waals surface area contributed by atoms with E-state index < -0.39 is 21.7 Å². The van der Waals surface area contributed by atoms with Crippen LogP contribution in [0.4, 0.5) is 5.69 Å². The second kappa shape index (κ2) is 9.73. The van der Waals surface area contributed by atoms with Gasteiger partial charge < -0.3 is 19.2 Å². The largest absolute Gasteiger partial charge is 0.457 e. The summed E-state index contributed by atoms with van der Waals surface area (Å²) in [5, 5.41) is 3.28. The Morgan fingerprint density at radius 3 is 2.26 bits per heavy atom. The number of carbonyl (C=O) groups excluding carboxylic acids is 1. The van der Waals surface area contributed by atoms with Gasteiger partial charge in [-0.15, -0.1) is 0 Å². The van der Waals surface area contributed by atoms with E-state index >= 15 is 0 Å². The van der Waals surface area contributed by atoms with Crippen LogP contribution in [0.1, 0.15) is 48.4 Å². The summed E-state index contributed by atoms with van der Waals surface area (Å²) in [6, 6.07) is 18.6. The molecule has 0 unspecified atom stereocenters. The van der Waals surface area contributed by atoms with Gasteiger partial charge in [-0.05, 0) is 70.2 Å². The molecule has 0 fully saturated rings. The van der Waals surface area contributed by atoms with Crippen LogP contribution in [0.25, 0.3) is 22.3 Å². The molecule has 4 aromatic rings. The number of carbonyl (C=O) groups is 1. The molecule has 5 rings (SSSR count). The second-order valence-electron chi connectivity index (χ2n) is 10.5. The molecule has 0 saturated heterocycles. The van der Waals surface area contributed by atoms with Crippen LogP contribution in [0.15, 0.2) is 65.1 Å². The van der Waals surface area contributed by atoms with Gasteiger partial charge in [-0.3, -0.25) is 9.10 Å². The highest BCUT2D eigenvalue weighted by atomic mass is 32.2. The average molecular weight is 549 g/mol. The van der Waals surface area contributed by atoms with Crippen molar-refractivity contribution in [3.05, 3.63) is 77.4 Å². The third-order valence-corrected chi connectivity index (χ3v) is 7.92. The van der Waals surface area contributed by atoms with Crippen LogP contribution in [0.2, 0.25) is 0 Å². The van der Waals surface area contributed by atoms with Crippen LogP contribution in [-0.4, -0.2) is 39.8 Å². The summed E-state index contributed by atoms with van der Waals surface area (Å²) in [6.45, 7) is 7.76. The number of furan rings is 1. The normalized spacial score (nSPS) is 17.0. The predicted molar refractivity (Wildman–Crippen MR) is 152 cm³/mol. The summed E-state index contributed by atoms with van der Waals surface area (Å²) < 4.78 is 45.5. The van der Waals surface area contributed by atoms with Gasteiger partial charge in [-0.1, -0.05) is 17.7 Å². The van der Waals surface area contributed by atoms with Crippen molar-refractivity contribution in [2.45, 2.75) is 39.4 Å². The molecule has 1 aliphatic rings. The first kappa shape index (κ1) is 26.8. The molecule has 1 atom stereocenters. The van der Waals surface area contributed by atoms with E-state index in [1.54, 1.807) is 19.2 Å². The van der Waals surface area contributed by atoms with E-state index in [4.69, 9.17) is 13.9 Å². The van der Waals surface area contributed by atoms with E-state index in [2.05, 4.69) is 5.32 Å². The molecular formula is C30H32N2O6S. The van der Waals surface area contributed by atoms with Crippen molar-refractivity contribution in [1.29, 1.82) is 0 Å². The predicted octanol–water partition coefficient (Wildman–Crippen LogP) is 6.20. The van der Waals surface area contributed by atoms with Gasteiger partial charge in [0.1, 0.15) is 22.8 Å². The van der Waals surface area contributed by atoms with Gasteiger partial charge in [0, 0.05) is 29.6 Å². The maximum atomic E-state index is 13.1. The number of amides is 1. The van der Waals surface area contributed by atoms with Crippen LogP contribution in [-0.2, 0) is 14.8 Å². The van der Waals surface area contributed by atoms with Crippen molar-refractivity contribution in [1.82, 2.24) is 5.32 Å². The minimum absolute atomic E-state index is 0.146. The topological polar surface area (TPSA) is 98.1 Å². The smallest absolute Gasteiger partial charge is 0.255 e. The molecule has 0 saturated carbocycles. The summed E-state index contributed by atoms with van der Waals surface area (Å²) in [6.07, 6.45) is 0.761. The first-order valence-corrected chi connectivity index (χ1v) is 14.5. The fourth-order valence-electron chi connectivity index (χ4n) is 4.97. The first-order chi connectivity index (χ1) is 18.4. The van der Waals surface area contributed by atoms with Crippen LogP contribution in [0, 0.1) is 6.92 Å². The lowest BCUT2D eigenvalue weighted by molar-refractivity contribution is -0.0542. The number of ether oxygens (including phenoxy) is 2. The number of fused-ring (bicyclic) bond motifs is 2. The number of hydrogen-bond acceptors (Lipinski definition) is 6. The number of hydrogen-bond donors (Lipinski definition) is 1. The average Bonchev–Trinajstić information content (AvgIpc) is 3.20. The van der Waals surface area contributed by atoms with Crippen molar-refractivity contribution in [3.8, 4) is 22.8 Å². The lowest BCUT2D eigenvalue weighted by atomic mass is 10.0. The monoisotopic (exact) mass is 548 g/mol. The highest BCUT2D eigenvalue weighted by molar-refractivity contribution is 7.92.